The van der Waals surface area contributed by atoms with Crippen molar-refractivity contribution in [1.29, 1.82) is 5.26 Å². The molecule has 4 nitrogen and oxygen atoms in total. The highest BCUT2D eigenvalue weighted by atomic mass is 19.1. The fourth-order valence-electron chi connectivity index (χ4n) is 2.92. The normalized spacial score (nSPS) is 10.8. The second kappa shape index (κ2) is 6.32. The summed E-state index contributed by atoms with van der Waals surface area (Å²) in [6.07, 6.45) is 0. The molecule has 0 aliphatic heterocycles. The number of fused-ring (bicyclic) bond motifs is 1. The number of nitriles is 1. The number of oxazole rings is 1. The van der Waals surface area contributed by atoms with Crippen LogP contribution in [0.4, 0.5) is 10.4 Å². The van der Waals surface area contributed by atoms with Crippen molar-refractivity contribution in [2.75, 3.05) is 18.0 Å². The minimum atomic E-state index is -0.474. The van der Waals surface area contributed by atoms with Crippen LogP contribution < -0.4 is 4.90 Å². The third-order valence-electron chi connectivity index (χ3n) is 4.23. The minimum Gasteiger partial charge on any atom is -0.420 e. The maximum Gasteiger partial charge on any atom is 0.298 e. The third-order valence-corrected chi connectivity index (χ3v) is 4.23. The van der Waals surface area contributed by atoms with Crippen LogP contribution >= 0.6 is 0 Å². The van der Waals surface area contributed by atoms with Crippen molar-refractivity contribution in [2.45, 2.75) is 20.8 Å². The largest absolute Gasteiger partial charge is 0.420 e. The van der Waals surface area contributed by atoms with Crippen LogP contribution in [0.1, 0.15) is 25.0 Å². The van der Waals surface area contributed by atoms with E-state index in [1.54, 1.807) is 6.92 Å². The van der Waals surface area contributed by atoms with Crippen LogP contribution in [0.2, 0.25) is 0 Å². The van der Waals surface area contributed by atoms with Gasteiger partial charge < -0.3 is 9.32 Å². The van der Waals surface area contributed by atoms with E-state index in [1.807, 2.05) is 49.1 Å². The summed E-state index contributed by atoms with van der Waals surface area (Å²) in [4.78, 5) is 6.27. The Morgan fingerprint density at radius 1 is 1.21 bits per heavy atom. The summed E-state index contributed by atoms with van der Waals surface area (Å²) in [5.41, 5.74) is 2.36. The Morgan fingerprint density at radius 3 is 2.46 bits per heavy atom. The van der Waals surface area contributed by atoms with E-state index in [4.69, 9.17) is 4.42 Å². The third kappa shape index (κ3) is 2.41. The van der Waals surface area contributed by atoms with Crippen molar-refractivity contribution in [3.8, 4) is 17.2 Å². The molecule has 0 aliphatic carbocycles. The quantitative estimate of drug-likeness (QED) is 0.700. The van der Waals surface area contributed by atoms with Crippen molar-refractivity contribution in [1.82, 2.24) is 4.98 Å². The van der Waals surface area contributed by atoms with E-state index in [1.165, 1.54) is 0 Å². The van der Waals surface area contributed by atoms with Gasteiger partial charge in [-0.15, -0.1) is 0 Å². The first-order valence-corrected chi connectivity index (χ1v) is 7.95. The van der Waals surface area contributed by atoms with Crippen molar-refractivity contribution >= 4 is 17.1 Å². The predicted octanol–water partition coefficient (Wildman–Crippen LogP) is 4.66. The average molecular weight is 323 g/mol. The van der Waals surface area contributed by atoms with Crippen LogP contribution in [0.3, 0.4) is 0 Å². The van der Waals surface area contributed by atoms with Gasteiger partial charge >= 0.3 is 0 Å². The molecule has 0 amide bonds. The van der Waals surface area contributed by atoms with E-state index >= 15 is 4.39 Å². The van der Waals surface area contributed by atoms with E-state index in [-0.39, 0.29) is 11.1 Å². The van der Waals surface area contributed by atoms with Crippen LogP contribution in [-0.2, 0) is 0 Å². The molecule has 5 heteroatoms. The Kier molecular flexibility index (Phi) is 4.22. The molecule has 122 valence electrons. The molecule has 0 aliphatic rings. The summed E-state index contributed by atoms with van der Waals surface area (Å²) in [6, 6.07) is 11.7. The molecule has 0 saturated heterocycles. The summed E-state index contributed by atoms with van der Waals surface area (Å²) < 4.78 is 20.8. The predicted molar refractivity (Wildman–Crippen MR) is 92.4 cm³/mol. The second-order valence-corrected chi connectivity index (χ2v) is 5.51. The van der Waals surface area contributed by atoms with Crippen LogP contribution in [0, 0.1) is 24.1 Å². The molecule has 0 bridgehead atoms. The van der Waals surface area contributed by atoms with Gasteiger partial charge in [0.05, 0.1) is 5.56 Å². The molecule has 1 heterocycles. The molecule has 0 spiro atoms. The van der Waals surface area contributed by atoms with Gasteiger partial charge in [0.1, 0.15) is 11.6 Å². The molecule has 0 unspecified atom stereocenters. The first-order chi connectivity index (χ1) is 11.6. The molecular weight excluding hydrogens is 305 g/mol. The van der Waals surface area contributed by atoms with Gasteiger partial charge in [0.25, 0.3) is 6.01 Å². The van der Waals surface area contributed by atoms with E-state index in [0.717, 1.165) is 0 Å². The monoisotopic (exact) mass is 323 g/mol. The Morgan fingerprint density at radius 2 is 1.88 bits per heavy atom. The van der Waals surface area contributed by atoms with Gasteiger partial charge in [-0.2, -0.15) is 10.2 Å². The molecule has 0 radical (unpaired) electrons. The highest BCUT2D eigenvalue weighted by molar-refractivity contribution is 5.90. The van der Waals surface area contributed by atoms with Gasteiger partial charge in [-0.3, -0.25) is 0 Å². The lowest BCUT2D eigenvalue weighted by Gasteiger charge is -2.14. The minimum absolute atomic E-state index is 0.0397. The number of hydrogen-bond acceptors (Lipinski definition) is 4. The summed E-state index contributed by atoms with van der Waals surface area (Å²) in [7, 11) is 0. The summed E-state index contributed by atoms with van der Waals surface area (Å²) in [6.45, 7) is 7.07. The van der Waals surface area contributed by atoms with Crippen molar-refractivity contribution in [2.24, 2.45) is 0 Å². The zero-order valence-electron chi connectivity index (χ0n) is 13.9. The molecule has 1 aromatic heterocycles. The lowest BCUT2D eigenvalue weighted by atomic mass is 9.95. The first kappa shape index (κ1) is 16.0. The lowest BCUT2D eigenvalue weighted by Crippen LogP contribution is -2.21. The first-order valence-electron chi connectivity index (χ1n) is 7.95. The SMILES string of the molecule is CCN(CC)c1nc2c(C#N)c(C)c(-c3ccccc3)c(F)c2o1. The smallest absolute Gasteiger partial charge is 0.298 e. The highest BCUT2D eigenvalue weighted by Crippen LogP contribution is 2.37. The van der Waals surface area contributed by atoms with E-state index < -0.39 is 5.82 Å². The summed E-state index contributed by atoms with van der Waals surface area (Å²) in [5, 5.41) is 9.57. The summed E-state index contributed by atoms with van der Waals surface area (Å²) in [5.74, 6) is -0.474. The standard InChI is InChI=1S/C19H18FN3O/c1-4-23(5-2)19-22-17-14(11-21)12(3)15(16(20)18(17)24-19)13-9-7-6-8-10-13/h6-10H,4-5H2,1-3H3. The van der Waals surface area contributed by atoms with Gasteiger partial charge in [-0.1, -0.05) is 30.3 Å². The van der Waals surface area contributed by atoms with Gasteiger partial charge in [0.2, 0.25) is 0 Å². The number of halogens is 1. The van der Waals surface area contributed by atoms with E-state index in [0.29, 0.717) is 41.4 Å². The second-order valence-electron chi connectivity index (χ2n) is 5.51. The Balaban J connectivity index is 2.35. The maximum atomic E-state index is 15.2. The molecule has 0 atom stereocenters. The number of rotatable bonds is 4. The number of anilines is 1. The number of hydrogen-bond donors (Lipinski definition) is 0. The molecule has 3 rings (SSSR count). The van der Waals surface area contributed by atoms with Crippen LogP contribution in [0.15, 0.2) is 34.7 Å². The number of nitrogens with zero attached hydrogens (tertiary/aromatic N) is 3. The Labute approximate surface area is 140 Å². The maximum absolute atomic E-state index is 15.2. The van der Waals surface area contributed by atoms with E-state index in [2.05, 4.69) is 11.1 Å². The van der Waals surface area contributed by atoms with Gasteiger partial charge in [-0.05, 0) is 31.9 Å². The zero-order valence-corrected chi connectivity index (χ0v) is 13.9. The van der Waals surface area contributed by atoms with Crippen LogP contribution in [0.5, 0.6) is 0 Å². The van der Waals surface area contributed by atoms with Crippen molar-refractivity contribution in [3.63, 3.8) is 0 Å². The Hall–Kier alpha value is -2.87. The van der Waals surface area contributed by atoms with Crippen LogP contribution in [0.25, 0.3) is 22.2 Å². The summed E-state index contributed by atoms with van der Waals surface area (Å²) >= 11 is 0. The highest BCUT2D eigenvalue weighted by Gasteiger charge is 2.24. The molecule has 0 fully saturated rings. The van der Waals surface area contributed by atoms with Crippen molar-refractivity contribution < 1.29 is 8.81 Å². The average Bonchev–Trinajstić information content (AvgIpc) is 3.03. The fraction of sp³-hybridized carbons (Fsp3) is 0.263. The fourth-order valence-corrected chi connectivity index (χ4v) is 2.92. The zero-order chi connectivity index (χ0) is 17.3. The van der Waals surface area contributed by atoms with Crippen LogP contribution in [-0.4, -0.2) is 18.1 Å². The topological polar surface area (TPSA) is 53.1 Å². The van der Waals surface area contributed by atoms with Gasteiger partial charge in [0, 0.05) is 18.7 Å². The van der Waals surface area contributed by atoms with E-state index in [9.17, 15) is 5.26 Å². The lowest BCUT2D eigenvalue weighted by molar-refractivity contribution is 0.543. The van der Waals surface area contributed by atoms with Crippen molar-refractivity contribution in [3.05, 3.63) is 47.3 Å². The molecule has 3 aromatic rings. The number of aromatic nitrogens is 1. The molecule has 0 N–H and O–H groups in total. The molecule has 24 heavy (non-hydrogen) atoms. The Bertz CT molecular complexity index is 921. The van der Waals surface area contributed by atoms with Gasteiger partial charge in [-0.25, -0.2) is 4.39 Å². The molecular formula is C19H18FN3O. The molecule has 2 aromatic carbocycles. The van der Waals surface area contributed by atoms with Gasteiger partial charge in [0.15, 0.2) is 11.4 Å². The number of benzene rings is 2. The molecule has 0 saturated carbocycles.